The first-order valence-electron chi connectivity index (χ1n) is 9.66. The van der Waals surface area contributed by atoms with Crippen LogP contribution in [0, 0.1) is 0 Å². The lowest BCUT2D eigenvalue weighted by Crippen LogP contribution is -2.22. The first-order chi connectivity index (χ1) is 14.0. The van der Waals surface area contributed by atoms with Gasteiger partial charge in [-0.2, -0.15) is 0 Å². The van der Waals surface area contributed by atoms with Crippen molar-refractivity contribution in [2.45, 2.75) is 26.2 Å². The molecule has 29 heavy (non-hydrogen) atoms. The number of rotatable bonds is 7. The third kappa shape index (κ3) is 4.74. The fourth-order valence-electron chi connectivity index (χ4n) is 3.20. The number of fused-ring (bicyclic) bond motifs is 1. The highest BCUT2D eigenvalue weighted by atomic mass is 16.5. The maximum Gasteiger partial charge on any atom is 0.342 e. The summed E-state index contributed by atoms with van der Waals surface area (Å²) in [5.74, 6) is -0.251. The van der Waals surface area contributed by atoms with Gasteiger partial charge >= 0.3 is 5.97 Å². The van der Waals surface area contributed by atoms with Crippen LogP contribution in [0.3, 0.4) is 0 Å². The Kier molecular flexibility index (Phi) is 6.50. The number of nitrogens with one attached hydrogen (secondary N) is 1. The summed E-state index contributed by atoms with van der Waals surface area (Å²) in [7, 11) is 1.50. The van der Waals surface area contributed by atoms with Gasteiger partial charge in [-0.1, -0.05) is 56.3 Å². The van der Waals surface area contributed by atoms with Crippen LogP contribution >= 0.6 is 0 Å². The van der Waals surface area contributed by atoms with Crippen molar-refractivity contribution in [1.82, 2.24) is 0 Å². The predicted molar refractivity (Wildman–Crippen MR) is 115 cm³/mol. The Balaban J connectivity index is 1.70. The van der Waals surface area contributed by atoms with E-state index in [2.05, 4.69) is 19.2 Å². The molecule has 0 aliphatic carbocycles. The van der Waals surface area contributed by atoms with Crippen molar-refractivity contribution in [3.05, 3.63) is 71.8 Å². The molecule has 5 heteroatoms. The van der Waals surface area contributed by atoms with Crippen LogP contribution in [-0.2, 0) is 9.53 Å². The van der Waals surface area contributed by atoms with E-state index in [0.717, 1.165) is 28.4 Å². The van der Waals surface area contributed by atoms with Gasteiger partial charge in [0.1, 0.15) is 11.3 Å². The molecule has 5 nitrogen and oxygen atoms in total. The summed E-state index contributed by atoms with van der Waals surface area (Å²) in [6.45, 7) is 3.84. The minimum absolute atomic E-state index is 0.291. The Morgan fingerprint density at radius 1 is 1.00 bits per heavy atom. The van der Waals surface area contributed by atoms with E-state index in [1.54, 1.807) is 12.1 Å². The topological polar surface area (TPSA) is 64.6 Å². The summed E-state index contributed by atoms with van der Waals surface area (Å²) in [5.41, 5.74) is 2.09. The lowest BCUT2D eigenvalue weighted by molar-refractivity contribution is -0.119. The fraction of sp³-hybridized carbons (Fsp3) is 0.250. The Morgan fingerprint density at radius 2 is 1.66 bits per heavy atom. The van der Waals surface area contributed by atoms with Crippen molar-refractivity contribution < 1.29 is 19.1 Å². The Bertz CT molecular complexity index is 1030. The summed E-state index contributed by atoms with van der Waals surface area (Å²) in [5, 5.41) is 4.70. The molecule has 0 saturated carbocycles. The summed E-state index contributed by atoms with van der Waals surface area (Å²) in [6, 6.07) is 18.8. The van der Waals surface area contributed by atoms with E-state index in [1.165, 1.54) is 7.11 Å². The number of methoxy groups -OCH3 is 1. The van der Waals surface area contributed by atoms with E-state index in [1.807, 2.05) is 48.5 Å². The monoisotopic (exact) mass is 391 g/mol. The van der Waals surface area contributed by atoms with Crippen LogP contribution in [0.1, 0.15) is 42.1 Å². The number of benzene rings is 3. The normalized spacial score (nSPS) is 11.7. The highest BCUT2D eigenvalue weighted by Crippen LogP contribution is 2.28. The van der Waals surface area contributed by atoms with E-state index in [4.69, 9.17) is 9.47 Å². The van der Waals surface area contributed by atoms with E-state index >= 15 is 0 Å². The van der Waals surface area contributed by atoms with Crippen molar-refractivity contribution in [3.8, 4) is 5.75 Å². The standard InChI is InChI=1S/C24H25NO4/c1-4-16(2)19-11-7-8-12-21(19)25-23(26)15-29-24(27)20-13-17-9-5-6-10-18(17)14-22(20)28-3/h5-14,16H,4,15H2,1-3H3,(H,25,26)/t16-/m1/s1. The molecule has 0 radical (unpaired) electrons. The number of carbonyl (C=O) groups excluding carboxylic acids is 2. The molecule has 0 saturated heterocycles. The van der Waals surface area contributed by atoms with E-state index in [9.17, 15) is 9.59 Å². The maximum atomic E-state index is 12.6. The van der Waals surface area contributed by atoms with Gasteiger partial charge in [0.05, 0.1) is 7.11 Å². The largest absolute Gasteiger partial charge is 0.496 e. The molecule has 3 rings (SSSR count). The lowest BCUT2D eigenvalue weighted by Gasteiger charge is -2.16. The maximum absolute atomic E-state index is 12.6. The molecule has 3 aromatic rings. The molecule has 0 heterocycles. The van der Waals surface area contributed by atoms with Crippen molar-refractivity contribution in [1.29, 1.82) is 0 Å². The van der Waals surface area contributed by atoms with Crippen LogP contribution in [0.4, 0.5) is 5.69 Å². The van der Waals surface area contributed by atoms with Gasteiger partial charge in [-0.05, 0) is 46.9 Å². The molecular formula is C24H25NO4. The smallest absolute Gasteiger partial charge is 0.342 e. The minimum Gasteiger partial charge on any atom is -0.496 e. The zero-order valence-corrected chi connectivity index (χ0v) is 16.9. The molecule has 0 bridgehead atoms. The van der Waals surface area contributed by atoms with Crippen molar-refractivity contribution in [3.63, 3.8) is 0 Å². The fourth-order valence-corrected chi connectivity index (χ4v) is 3.20. The molecule has 1 N–H and O–H groups in total. The number of para-hydroxylation sites is 1. The molecule has 1 amide bonds. The van der Waals surface area contributed by atoms with Crippen molar-refractivity contribution in [2.24, 2.45) is 0 Å². The third-order valence-electron chi connectivity index (χ3n) is 5.00. The first kappa shape index (κ1) is 20.4. The van der Waals surface area contributed by atoms with Gasteiger partial charge in [-0.15, -0.1) is 0 Å². The zero-order valence-electron chi connectivity index (χ0n) is 16.9. The molecule has 0 aromatic heterocycles. The molecule has 1 atom stereocenters. The van der Waals surface area contributed by atoms with Crippen LogP contribution in [0.25, 0.3) is 10.8 Å². The van der Waals surface area contributed by atoms with Gasteiger partial charge < -0.3 is 14.8 Å². The summed E-state index contributed by atoms with van der Waals surface area (Å²) >= 11 is 0. The quantitative estimate of drug-likeness (QED) is 0.565. The number of hydrogen-bond donors (Lipinski definition) is 1. The number of anilines is 1. The Labute approximate surface area is 170 Å². The summed E-state index contributed by atoms with van der Waals surface area (Å²) < 4.78 is 10.6. The minimum atomic E-state index is -0.599. The first-order valence-corrected chi connectivity index (χ1v) is 9.66. The van der Waals surface area contributed by atoms with Crippen LogP contribution in [0.15, 0.2) is 60.7 Å². The zero-order chi connectivity index (χ0) is 20.8. The molecule has 0 aliphatic rings. The summed E-state index contributed by atoms with van der Waals surface area (Å²) in [6.07, 6.45) is 0.962. The average molecular weight is 391 g/mol. The van der Waals surface area contributed by atoms with Crippen LogP contribution < -0.4 is 10.1 Å². The molecule has 0 aliphatic heterocycles. The van der Waals surface area contributed by atoms with E-state index < -0.39 is 5.97 Å². The molecule has 0 spiro atoms. The van der Waals surface area contributed by atoms with Gasteiger partial charge in [0.25, 0.3) is 5.91 Å². The average Bonchev–Trinajstić information content (AvgIpc) is 2.76. The number of carbonyl (C=O) groups is 2. The van der Waals surface area contributed by atoms with Crippen LogP contribution in [0.2, 0.25) is 0 Å². The second-order valence-corrected chi connectivity index (χ2v) is 6.92. The second-order valence-electron chi connectivity index (χ2n) is 6.92. The number of amides is 1. The molecule has 0 fully saturated rings. The van der Waals surface area contributed by atoms with E-state index in [-0.39, 0.29) is 12.5 Å². The van der Waals surface area contributed by atoms with Gasteiger partial charge in [-0.3, -0.25) is 4.79 Å². The third-order valence-corrected chi connectivity index (χ3v) is 5.00. The van der Waals surface area contributed by atoms with Crippen LogP contribution in [0.5, 0.6) is 5.75 Å². The molecule has 3 aromatic carbocycles. The predicted octanol–water partition coefficient (Wildman–Crippen LogP) is 5.16. The van der Waals surface area contributed by atoms with Gasteiger partial charge in [-0.25, -0.2) is 4.79 Å². The highest BCUT2D eigenvalue weighted by molar-refractivity contribution is 6.00. The van der Waals surface area contributed by atoms with Gasteiger partial charge in [0.15, 0.2) is 6.61 Å². The number of hydrogen-bond acceptors (Lipinski definition) is 4. The number of ether oxygens (including phenoxy) is 2. The van der Waals surface area contributed by atoms with Crippen molar-refractivity contribution in [2.75, 3.05) is 19.0 Å². The summed E-state index contributed by atoms with van der Waals surface area (Å²) in [4.78, 5) is 24.9. The van der Waals surface area contributed by atoms with Gasteiger partial charge in [0.2, 0.25) is 0 Å². The number of esters is 1. The lowest BCUT2D eigenvalue weighted by atomic mass is 9.97. The van der Waals surface area contributed by atoms with Crippen LogP contribution in [-0.4, -0.2) is 25.6 Å². The Morgan fingerprint density at radius 3 is 2.34 bits per heavy atom. The second kappa shape index (κ2) is 9.24. The molecule has 150 valence electrons. The highest BCUT2D eigenvalue weighted by Gasteiger charge is 2.17. The SMILES string of the molecule is CC[C@@H](C)c1ccccc1NC(=O)COC(=O)c1cc2ccccc2cc1OC. The van der Waals surface area contributed by atoms with E-state index in [0.29, 0.717) is 17.2 Å². The van der Waals surface area contributed by atoms with Crippen molar-refractivity contribution >= 4 is 28.3 Å². The molecular weight excluding hydrogens is 366 g/mol. The molecule has 0 unspecified atom stereocenters. The Hall–Kier alpha value is -3.34. The van der Waals surface area contributed by atoms with Gasteiger partial charge in [0, 0.05) is 5.69 Å².